The Morgan fingerprint density at radius 3 is 2.57 bits per heavy atom. The Bertz CT molecular complexity index is 566. The smallest absolute Gasteiger partial charge is 0.356 e. The van der Waals surface area contributed by atoms with Crippen molar-refractivity contribution < 1.29 is 9.53 Å². The van der Waals surface area contributed by atoms with E-state index < -0.39 is 0 Å². The summed E-state index contributed by atoms with van der Waals surface area (Å²) in [5, 5.41) is 0. The van der Waals surface area contributed by atoms with Crippen LogP contribution in [-0.4, -0.2) is 17.6 Å². The molecule has 0 fully saturated rings. The number of rotatable bonds is 7. The average molecular weight is 283 g/mol. The van der Waals surface area contributed by atoms with Gasteiger partial charge in [-0.25, -0.2) is 9.78 Å². The third-order valence-corrected chi connectivity index (χ3v) is 3.28. The van der Waals surface area contributed by atoms with Crippen molar-refractivity contribution in [2.45, 2.75) is 32.6 Å². The summed E-state index contributed by atoms with van der Waals surface area (Å²) in [7, 11) is 0. The van der Waals surface area contributed by atoms with Crippen LogP contribution >= 0.6 is 0 Å². The topological polar surface area (TPSA) is 39.2 Å². The lowest BCUT2D eigenvalue weighted by Gasteiger charge is -2.05. The van der Waals surface area contributed by atoms with Crippen LogP contribution in [0.2, 0.25) is 0 Å². The number of esters is 1. The number of carbonyl (C=O) groups is 1. The molecule has 0 aliphatic heterocycles. The molecule has 2 rings (SSSR count). The van der Waals surface area contributed by atoms with Crippen molar-refractivity contribution in [2.24, 2.45) is 0 Å². The van der Waals surface area contributed by atoms with E-state index in [4.69, 9.17) is 4.74 Å². The minimum atomic E-state index is -0.332. The maximum absolute atomic E-state index is 11.8. The largest absolute Gasteiger partial charge is 0.461 e. The van der Waals surface area contributed by atoms with Crippen molar-refractivity contribution >= 4 is 5.97 Å². The second-order valence-corrected chi connectivity index (χ2v) is 5.10. The summed E-state index contributed by atoms with van der Waals surface area (Å²) >= 11 is 0. The van der Waals surface area contributed by atoms with E-state index in [1.807, 2.05) is 25.1 Å². The van der Waals surface area contributed by atoms with Gasteiger partial charge < -0.3 is 4.74 Å². The van der Waals surface area contributed by atoms with Crippen LogP contribution in [0.5, 0.6) is 0 Å². The molecule has 0 saturated heterocycles. The van der Waals surface area contributed by atoms with Gasteiger partial charge in [0.15, 0.2) is 0 Å². The molecule has 0 atom stereocenters. The molecule has 2 aromatic rings. The number of pyridine rings is 1. The molecule has 3 nitrogen and oxygen atoms in total. The van der Waals surface area contributed by atoms with Crippen molar-refractivity contribution in [3.63, 3.8) is 0 Å². The molecule has 3 heteroatoms. The number of benzene rings is 1. The van der Waals surface area contributed by atoms with Crippen molar-refractivity contribution in [2.75, 3.05) is 6.61 Å². The summed E-state index contributed by atoms with van der Waals surface area (Å²) in [6, 6.07) is 15.8. The number of unbranched alkanes of at least 4 members (excludes halogenated alkanes) is 2. The maximum Gasteiger partial charge on any atom is 0.356 e. The van der Waals surface area contributed by atoms with Crippen molar-refractivity contribution in [3.8, 4) is 0 Å². The molecule has 0 radical (unpaired) electrons. The number of ether oxygens (including phenoxy) is 1. The number of carbonyl (C=O) groups excluding carboxylic acids is 1. The number of hydrogen-bond acceptors (Lipinski definition) is 3. The first-order valence-corrected chi connectivity index (χ1v) is 7.40. The standard InChI is InChI=1S/C18H21NO2/c1-15-9-8-13-17(19-15)18(20)21-14-7-3-6-12-16-10-4-2-5-11-16/h2,4-5,8-11,13H,3,6-7,12,14H2,1H3. The van der Waals surface area contributed by atoms with Gasteiger partial charge >= 0.3 is 5.97 Å². The van der Waals surface area contributed by atoms with Crippen LogP contribution < -0.4 is 0 Å². The van der Waals surface area contributed by atoms with Crippen molar-refractivity contribution in [1.82, 2.24) is 4.98 Å². The molecule has 1 aromatic carbocycles. The summed E-state index contributed by atoms with van der Waals surface area (Å²) in [5.41, 5.74) is 2.57. The normalized spacial score (nSPS) is 10.3. The van der Waals surface area contributed by atoms with E-state index in [0.29, 0.717) is 12.3 Å². The van der Waals surface area contributed by atoms with Crippen LogP contribution in [0.1, 0.15) is 41.0 Å². The van der Waals surface area contributed by atoms with E-state index in [1.165, 1.54) is 5.56 Å². The van der Waals surface area contributed by atoms with Crippen LogP contribution in [0.4, 0.5) is 0 Å². The Morgan fingerprint density at radius 1 is 1.00 bits per heavy atom. The molecule has 21 heavy (non-hydrogen) atoms. The van der Waals surface area contributed by atoms with Crippen molar-refractivity contribution in [3.05, 3.63) is 65.5 Å². The highest BCUT2D eigenvalue weighted by molar-refractivity contribution is 5.87. The first kappa shape index (κ1) is 15.2. The molecular formula is C18H21NO2. The third kappa shape index (κ3) is 5.38. The molecule has 1 aromatic heterocycles. The minimum Gasteiger partial charge on any atom is -0.461 e. The lowest BCUT2D eigenvalue weighted by atomic mass is 10.1. The zero-order chi connectivity index (χ0) is 14.9. The van der Waals surface area contributed by atoms with Gasteiger partial charge in [-0.15, -0.1) is 0 Å². The zero-order valence-corrected chi connectivity index (χ0v) is 12.4. The van der Waals surface area contributed by atoms with Crippen LogP contribution in [0.25, 0.3) is 0 Å². The highest BCUT2D eigenvalue weighted by Gasteiger charge is 2.07. The van der Waals surface area contributed by atoms with Gasteiger partial charge in [0.25, 0.3) is 0 Å². The van der Waals surface area contributed by atoms with Crippen LogP contribution in [0.3, 0.4) is 0 Å². The maximum atomic E-state index is 11.8. The molecule has 0 bridgehead atoms. The second kappa shape index (κ2) is 8.20. The number of nitrogens with zero attached hydrogens (tertiary/aromatic N) is 1. The Labute approximate surface area is 126 Å². The van der Waals surface area contributed by atoms with Gasteiger partial charge in [-0.3, -0.25) is 0 Å². The molecule has 0 aliphatic rings. The van der Waals surface area contributed by atoms with E-state index in [-0.39, 0.29) is 5.97 Å². The summed E-state index contributed by atoms with van der Waals surface area (Å²) in [6.07, 6.45) is 4.15. The molecule has 110 valence electrons. The van der Waals surface area contributed by atoms with Gasteiger partial charge in [0.1, 0.15) is 5.69 Å². The van der Waals surface area contributed by atoms with E-state index in [9.17, 15) is 4.79 Å². The number of aryl methyl sites for hydroxylation is 2. The van der Waals surface area contributed by atoms with Gasteiger partial charge in [0.05, 0.1) is 6.61 Å². The third-order valence-electron chi connectivity index (χ3n) is 3.28. The zero-order valence-electron chi connectivity index (χ0n) is 12.4. The first-order valence-electron chi connectivity index (χ1n) is 7.40. The SMILES string of the molecule is Cc1cccc(C(=O)OCCCCCc2ccccc2)n1. The van der Waals surface area contributed by atoms with Crippen LogP contribution in [0, 0.1) is 6.92 Å². The Balaban J connectivity index is 1.60. The fourth-order valence-corrected chi connectivity index (χ4v) is 2.15. The summed E-state index contributed by atoms with van der Waals surface area (Å²) in [5.74, 6) is -0.332. The van der Waals surface area contributed by atoms with Gasteiger partial charge in [-0.05, 0) is 50.3 Å². The molecule has 0 unspecified atom stereocenters. The van der Waals surface area contributed by atoms with Crippen LogP contribution in [-0.2, 0) is 11.2 Å². The lowest BCUT2D eigenvalue weighted by Crippen LogP contribution is -2.09. The summed E-state index contributed by atoms with van der Waals surface area (Å²) < 4.78 is 5.23. The van der Waals surface area contributed by atoms with Crippen LogP contribution in [0.15, 0.2) is 48.5 Å². The average Bonchev–Trinajstić information content (AvgIpc) is 2.51. The van der Waals surface area contributed by atoms with Gasteiger partial charge in [-0.1, -0.05) is 36.4 Å². The summed E-state index contributed by atoms with van der Waals surface area (Å²) in [6.45, 7) is 2.32. The molecule has 0 aliphatic carbocycles. The molecule has 1 heterocycles. The molecule has 0 amide bonds. The fourth-order valence-electron chi connectivity index (χ4n) is 2.15. The van der Waals surface area contributed by atoms with E-state index in [0.717, 1.165) is 31.4 Å². The van der Waals surface area contributed by atoms with E-state index in [1.54, 1.807) is 6.07 Å². The van der Waals surface area contributed by atoms with Gasteiger partial charge in [-0.2, -0.15) is 0 Å². The molecule has 0 saturated carbocycles. The predicted molar refractivity (Wildman–Crippen MR) is 83.3 cm³/mol. The number of aromatic nitrogens is 1. The monoisotopic (exact) mass is 283 g/mol. The Kier molecular flexibility index (Phi) is 5.95. The molecule has 0 spiro atoms. The highest BCUT2D eigenvalue weighted by atomic mass is 16.5. The van der Waals surface area contributed by atoms with Gasteiger partial charge in [0, 0.05) is 5.69 Å². The second-order valence-electron chi connectivity index (χ2n) is 5.10. The predicted octanol–water partition coefficient (Wildman–Crippen LogP) is 3.96. The quantitative estimate of drug-likeness (QED) is 0.570. The minimum absolute atomic E-state index is 0.332. The molecule has 0 N–H and O–H groups in total. The fraction of sp³-hybridized carbons (Fsp3) is 0.333. The lowest BCUT2D eigenvalue weighted by molar-refractivity contribution is 0.0490. The van der Waals surface area contributed by atoms with E-state index in [2.05, 4.69) is 29.2 Å². The molecular weight excluding hydrogens is 262 g/mol. The number of hydrogen-bond donors (Lipinski definition) is 0. The highest BCUT2D eigenvalue weighted by Crippen LogP contribution is 2.07. The van der Waals surface area contributed by atoms with E-state index >= 15 is 0 Å². The summed E-state index contributed by atoms with van der Waals surface area (Å²) in [4.78, 5) is 15.9. The van der Waals surface area contributed by atoms with Crippen molar-refractivity contribution in [1.29, 1.82) is 0 Å². The Hall–Kier alpha value is -2.16. The Morgan fingerprint density at radius 2 is 1.81 bits per heavy atom. The van der Waals surface area contributed by atoms with Gasteiger partial charge in [0.2, 0.25) is 0 Å². The first-order chi connectivity index (χ1) is 10.3.